The van der Waals surface area contributed by atoms with Crippen LogP contribution in [0.15, 0.2) is 71.7 Å². The van der Waals surface area contributed by atoms with Crippen LogP contribution in [-0.2, 0) is 27.2 Å². The van der Waals surface area contributed by atoms with Gasteiger partial charge in [0.2, 0.25) is 0 Å². The molecule has 1 aliphatic heterocycles. The molecule has 1 N–H and O–H groups in total. The standard InChI is InChI=1S/C31H39NO5/c1-30(2,3)37-29(35)26(22-31(23-28(33)34)18-10-19-32-31)21-25-14-16-27(17-15-25)36-20-9-5-8-13-24-11-6-4-7-12-24/h4,6-7,10-12,14-19,26H,5,8-9,13,20-23H2,1-3H3,(H,33,34). The molecule has 1 aliphatic rings. The molecule has 0 radical (unpaired) electrons. The number of hydrogen-bond donors (Lipinski definition) is 1. The molecule has 1 heterocycles. The minimum Gasteiger partial charge on any atom is -0.494 e. The third-order valence-corrected chi connectivity index (χ3v) is 6.25. The molecule has 0 amide bonds. The van der Waals surface area contributed by atoms with E-state index in [0.29, 0.717) is 13.0 Å². The van der Waals surface area contributed by atoms with Gasteiger partial charge in [0.15, 0.2) is 0 Å². The first kappa shape index (κ1) is 28.2. The fourth-order valence-corrected chi connectivity index (χ4v) is 4.52. The van der Waals surface area contributed by atoms with Crippen LogP contribution < -0.4 is 4.74 Å². The van der Waals surface area contributed by atoms with Gasteiger partial charge in [0, 0.05) is 6.21 Å². The summed E-state index contributed by atoms with van der Waals surface area (Å²) in [6, 6.07) is 18.3. The zero-order valence-corrected chi connectivity index (χ0v) is 22.2. The van der Waals surface area contributed by atoms with Gasteiger partial charge in [-0.2, -0.15) is 0 Å². The van der Waals surface area contributed by atoms with E-state index in [0.717, 1.165) is 37.0 Å². The second-order valence-electron chi connectivity index (χ2n) is 10.7. The maximum atomic E-state index is 13.1. The summed E-state index contributed by atoms with van der Waals surface area (Å²) in [5, 5.41) is 9.43. The van der Waals surface area contributed by atoms with E-state index in [-0.39, 0.29) is 18.8 Å². The molecule has 2 unspecified atom stereocenters. The number of carbonyl (C=O) groups is 2. The first-order valence-electron chi connectivity index (χ1n) is 13.1. The molecule has 6 nitrogen and oxygen atoms in total. The molecule has 3 rings (SSSR count). The van der Waals surface area contributed by atoms with Gasteiger partial charge in [0.1, 0.15) is 11.4 Å². The van der Waals surface area contributed by atoms with Gasteiger partial charge in [-0.1, -0.05) is 48.5 Å². The zero-order valence-electron chi connectivity index (χ0n) is 22.2. The number of benzene rings is 2. The second-order valence-corrected chi connectivity index (χ2v) is 10.7. The van der Waals surface area contributed by atoms with Crippen molar-refractivity contribution in [3.63, 3.8) is 0 Å². The molecule has 2 atom stereocenters. The van der Waals surface area contributed by atoms with Crippen molar-refractivity contribution >= 4 is 18.2 Å². The maximum absolute atomic E-state index is 13.1. The summed E-state index contributed by atoms with van der Waals surface area (Å²) in [4.78, 5) is 29.0. The molecular formula is C31H39NO5. The minimum absolute atomic E-state index is 0.169. The number of rotatable bonds is 14. The number of carboxylic acids is 1. The number of aryl methyl sites for hydroxylation is 1. The molecule has 0 spiro atoms. The maximum Gasteiger partial charge on any atom is 0.309 e. The first-order valence-corrected chi connectivity index (χ1v) is 13.1. The third kappa shape index (κ3) is 9.87. The number of aliphatic imine (C=N–C) groups is 1. The Bertz CT molecular complexity index is 1060. The average Bonchev–Trinajstić information content (AvgIpc) is 3.28. The van der Waals surface area contributed by atoms with Gasteiger partial charge in [-0.05, 0) is 88.6 Å². The van der Waals surface area contributed by atoms with Crippen LogP contribution in [0.5, 0.6) is 5.75 Å². The number of hydrogen-bond acceptors (Lipinski definition) is 5. The van der Waals surface area contributed by atoms with Crippen molar-refractivity contribution in [2.24, 2.45) is 10.9 Å². The number of carboxylic acid groups (broad SMARTS) is 1. The number of esters is 1. The molecule has 198 valence electrons. The van der Waals surface area contributed by atoms with Crippen molar-refractivity contribution in [2.75, 3.05) is 6.61 Å². The lowest BCUT2D eigenvalue weighted by Crippen LogP contribution is -2.36. The Hall–Kier alpha value is -3.41. The predicted octanol–water partition coefficient (Wildman–Crippen LogP) is 6.22. The second kappa shape index (κ2) is 13.2. The van der Waals surface area contributed by atoms with Crippen molar-refractivity contribution < 1.29 is 24.2 Å². The van der Waals surface area contributed by atoms with E-state index < -0.39 is 23.0 Å². The van der Waals surface area contributed by atoms with Crippen LogP contribution in [0.1, 0.15) is 64.0 Å². The lowest BCUT2D eigenvalue weighted by molar-refractivity contribution is -0.161. The minimum atomic E-state index is -0.951. The molecule has 0 bridgehead atoms. The summed E-state index contributed by atoms with van der Waals surface area (Å²) in [5.74, 6) is -1.03. The Morgan fingerprint density at radius 2 is 1.70 bits per heavy atom. The number of unbranched alkanes of at least 4 members (excludes halogenated alkanes) is 2. The van der Waals surface area contributed by atoms with Crippen LogP contribution in [0, 0.1) is 5.92 Å². The zero-order chi connectivity index (χ0) is 26.7. The van der Waals surface area contributed by atoms with E-state index in [1.54, 1.807) is 18.4 Å². The van der Waals surface area contributed by atoms with Crippen molar-refractivity contribution in [2.45, 2.75) is 76.9 Å². The normalized spacial score (nSPS) is 17.5. The Kier molecular flexibility index (Phi) is 10.1. The number of allylic oxidation sites excluding steroid dienone is 1. The molecule has 0 saturated carbocycles. The van der Waals surface area contributed by atoms with Gasteiger partial charge in [-0.3, -0.25) is 14.6 Å². The lowest BCUT2D eigenvalue weighted by atomic mass is 9.82. The van der Waals surface area contributed by atoms with Crippen LogP contribution in [0.3, 0.4) is 0 Å². The van der Waals surface area contributed by atoms with Gasteiger partial charge in [0.25, 0.3) is 0 Å². The highest BCUT2D eigenvalue weighted by Crippen LogP contribution is 2.33. The van der Waals surface area contributed by atoms with Crippen LogP contribution in [0.2, 0.25) is 0 Å². The molecule has 2 aromatic rings. The largest absolute Gasteiger partial charge is 0.494 e. The van der Waals surface area contributed by atoms with E-state index >= 15 is 0 Å². The van der Waals surface area contributed by atoms with Crippen molar-refractivity contribution in [1.29, 1.82) is 0 Å². The molecule has 0 aromatic heterocycles. The predicted molar refractivity (Wildman–Crippen MR) is 146 cm³/mol. The van der Waals surface area contributed by atoms with Crippen molar-refractivity contribution in [3.8, 4) is 5.75 Å². The molecule has 0 fully saturated rings. The monoisotopic (exact) mass is 505 g/mol. The highest BCUT2D eigenvalue weighted by molar-refractivity contribution is 5.79. The van der Waals surface area contributed by atoms with Crippen molar-refractivity contribution in [1.82, 2.24) is 0 Å². The molecule has 37 heavy (non-hydrogen) atoms. The summed E-state index contributed by atoms with van der Waals surface area (Å²) < 4.78 is 11.6. The number of nitrogens with zero attached hydrogens (tertiary/aromatic N) is 1. The van der Waals surface area contributed by atoms with E-state index in [9.17, 15) is 14.7 Å². The van der Waals surface area contributed by atoms with Gasteiger partial charge in [-0.15, -0.1) is 0 Å². The summed E-state index contributed by atoms with van der Waals surface area (Å²) in [6.45, 7) is 6.15. The molecule has 0 aliphatic carbocycles. The summed E-state index contributed by atoms with van der Waals surface area (Å²) >= 11 is 0. The first-order chi connectivity index (χ1) is 17.6. The summed E-state index contributed by atoms with van der Waals surface area (Å²) in [6.07, 6.45) is 9.97. The highest BCUT2D eigenvalue weighted by atomic mass is 16.6. The number of ether oxygens (including phenoxy) is 2. The van der Waals surface area contributed by atoms with Gasteiger partial charge >= 0.3 is 11.9 Å². The molecule has 2 aromatic carbocycles. The van der Waals surface area contributed by atoms with E-state index in [4.69, 9.17) is 9.47 Å². The fourth-order valence-electron chi connectivity index (χ4n) is 4.52. The van der Waals surface area contributed by atoms with Gasteiger partial charge < -0.3 is 14.6 Å². The Morgan fingerprint density at radius 3 is 2.32 bits per heavy atom. The van der Waals surface area contributed by atoms with E-state index in [1.165, 1.54) is 5.56 Å². The Balaban J connectivity index is 1.54. The molecule has 0 saturated heterocycles. The van der Waals surface area contributed by atoms with Crippen molar-refractivity contribution in [3.05, 3.63) is 77.9 Å². The van der Waals surface area contributed by atoms with E-state index in [2.05, 4.69) is 29.3 Å². The summed E-state index contributed by atoms with van der Waals surface area (Å²) in [7, 11) is 0. The highest BCUT2D eigenvalue weighted by Gasteiger charge is 2.38. The Labute approximate surface area is 220 Å². The van der Waals surface area contributed by atoms with Crippen LogP contribution in [-0.4, -0.2) is 41.0 Å². The fraction of sp³-hybridized carbons (Fsp3) is 0.452. The van der Waals surface area contributed by atoms with Gasteiger partial charge in [0.05, 0.1) is 24.5 Å². The van der Waals surface area contributed by atoms with E-state index in [1.807, 2.05) is 51.1 Å². The number of aliphatic carboxylic acids is 1. The summed E-state index contributed by atoms with van der Waals surface area (Å²) in [5.41, 5.74) is 0.760. The molecule has 6 heteroatoms. The third-order valence-electron chi connectivity index (χ3n) is 6.25. The van der Waals surface area contributed by atoms with Crippen LogP contribution in [0.4, 0.5) is 0 Å². The van der Waals surface area contributed by atoms with Crippen LogP contribution >= 0.6 is 0 Å². The average molecular weight is 506 g/mol. The lowest BCUT2D eigenvalue weighted by Gasteiger charge is -2.29. The SMILES string of the molecule is CC(C)(C)OC(=O)C(Cc1ccc(OCCCCCc2ccccc2)cc1)CC1(CC(=O)O)C=CC=N1. The van der Waals surface area contributed by atoms with Crippen LogP contribution in [0.25, 0.3) is 0 Å². The molecular weight excluding hydrogens is 466 g/mol. The van der Waals surface area contributed by atoms with Gasteiger partial charge in [-0.25, -0.2) is 0 Å². The smallest absolute Gasteiger partial charge is 0.309 e. The Morgan fingerprint density at radius 1 is 0.973 bits per heavy atom. The quantitative estimate of drug-likeness (QED) is 0.243. The topological polar surface area (TPSA) is 85.2 Å². The number of carbonyl (C=O) groups excluding carboxylic acids is 1.